The van der Waals surface area contributed by atoms with Crippen molar-refractivity contribution in [3.63, 3.8) is 0 Å². The van der Waals surface area contributed by atoms with E-state index in [1.54, 1.807) is 36.4 Å². The highest BCUT2D eigenvalue weighted by Crippen LogP contribution is 2.35. The molecular weight excluding hydrogens is 505 g/mol. The topological polar surface area (TPSA) is 106 Å². The van der Waals surface area contributed by atoms with Gasteiger partial charge in [0.15, 0.2) is 0 Å². The minimum absolute atomic E-state index is 0.0668. The fraction of sp³-hybridized carbons (Fsp3) is 0.500. The van der Waals surface area contributed by atoms with Gasteiger partial charge < -0.3 is 15.5 Å². The van der Waals surface area contributed by atoms with Gasteiger partial charge in [-0.2, -0.15) is 9.57 Å². The summed E-state index contributed by atoms with van der Waals surface area (Å²) in [4.78, 5) is 15.0. The van der Waals surface area contributed by atoms with Crippen molar-refractivity contribution >= 4 is 15.9 Å². The van der Waals surface area contributed by atoms with Gasteiger partial charge in [-0.3, -0.25) is 4.79 Å². The molecule has 1 amide bonds. The molecule has 2 aromatic carbocycles. The SMILES string of the molecule is CN1CCCN(S(=O)(=O)c2ccc(-c3ccc(C[C@@H](C#N)NC(=O)C4N[C@@H]5CC[C@H]4C5)c(F)c3)cc2)CC1. The maximum atomic E-state index is 15.0. The lowest BCUT2D eigenvalue weighted by Gasteiger charge is -2.23. The zero-order valence-electron chi connectivity index (χ0n) is 21.6. The third kappa shape index (κ3) is 5.61. The third-order valence-electron chi connectivity index (χ3n) is 8.10. The first-order chi connectivity index (χ1) is 18.2. The summed E-state index contributed by atoms with van der Waals surface area (Å²) in [6.45, 7) is 2.50. The number of amides is 1. The van der Waals surface area contributed by atoms with Crippen LogP contribution >= 0.6 is 0 Å². The molecule has 0 spiro atoms. The standard InChI is InChI=1S/C28H34FN5O3S/c1-33-11-2-12-34(14-13-33)38(36,37)25-9-6-19(7-10-25)20-3-4-21(26(29)17-20)15-24(18-30)32-28(35)27-22-5-8-23(16-22)31-27/h3-4,6-7,9-10,17,22-24,27,31H,2,5,8,11-16H2,1H3,(H,32,35)/t22-,23+,24-,27?/m0/s1. The molecule has 8 nitrogen and oxygen atoms in total. The molecule has 1 unspecified atom stereocenters. The minimum atomic E-state index is -3.60. The average molecular weight is 540 g/mol. The Labute approximate surface area is 223 Å². The number of likely N-dealkylation sites (N-methyl/N-ethyl adjacent to an activating group) is 1. The summed E-state index contributed by atoms with van der Waals surface area (Å²) in [5, 5.41) is 15.7. The van der Waals surface area contributed by atoms with E-state index in [9.17, 15) is 18.5 Å². The van der Waals surface area contributed by atoms with Crippen LogP contribution in [0.3, 0.4) is 0 Å². The van der Waals surface area contributed by atoms with E-state index in [1.165, 1.54) is 10.4 Å². The molecule has 2 bridgehead atoms. The Balaban J connectivity index is 1.24. The maximum Gasteiger partial charge on any atom is 0.243 e. The monoisotopic (exact) mass is 539 g/mol. The van der Waals surface area contributed by atoms with Crippen LogP contribution in [0.4, 0.5) is 4.39 Å². The van der Waals surface area contributed by atoms with Crippen molar-refractivity contribution < 1.29 is 17.6 Å². The molecule has 10 heteroatoms. The number of carbonyl (C=O) groups excluding carboxylic acids is 1. The quantitative estimate of drug-likeness (QED) is 0.560. The van der Waals surface area contributed by atoms with E-state index in [1.807, 2.05) is 7.05 Å². The van der Waals surface area contributed by atoms with E-state index >= 15 is 4.39 Å². The molecule has 5 rings (SSSR count). The first-order valence-corrected chi connectivity index (χ1v) is 14.7. The van der Waals surface area contributed by atoms with Gasteiger partial charge in [0.25, 0.3) is 0 Å². The minimum Gasteiger partial charge on any atom is -0.339 e. The predicted molar refractivity (Wildman–Crippen MR) is 142 cm³/mol. The Morgan fingerprint density at radius 1 is 1.13 bits per heavy atom. The van der Waals surface area contributed by atoms with Crippen molar-refractivity contribution in [1.29, 1.82) is 5.26 Å². The molecular formula is C28H34FN5O3S. The lowest BCUT2D eigenvalue weighted by molar-refractivity contribution is -0.124. The number of fused-ring (bicyclic) bond motifs is 2. The Bertz CT molecular complexity index is 1330. The summed E-state index contributed by atoms with van der Waals surface area (Å²) in [5.41, 5.74) is 1.64. The fourth-order valence-electron chi connectivity index (χ4n) is 5.88. The summed E-state index contributed by atoms with van der Waals surface area (Å²) in [6, 6.07) is 12.6. The number of nitrogens with zero attached hydrogens (tertiary/aromatic N) is 3. The molecule has 1 aliphatic carbocycles. The molecule has 202 valence electrons. The number of hydrogen-bond donors (Lipinski definition) is 2. The molecule has 38 heavy (non-hydrogen) atoms. The van der Waals surface area contributed by atoms with Crippen LogP contribution in [-0.2, 0) is 21.2 Å². The van der Waals surface area contributed by atoms with Crippen molar-refractivity contribution in [2.24, 2.45) is 5.92 Å². The first-order valence-electron chi connectivity index (χ1n) is 13.3. The summed E-state index contributed by atoms with van der Waals surface area (Å²) in [5.74, 6) is -0.355. The maximum absolute atomic E-state index is 15.0. The Morgan fingerprint density at radius 2 is 1.89 bits per heavy atom. The number of sulfonamides is 1. The smallest absolute Gasteiger partial charge is 0.243 e. The highest BCUT2D eigenvalue weighted by molar-refractivity contribution is 7.89. The van der Waals surface area contributed by atoms with E-state index < -0.39 is 21.9 Å². The van der Waals surface area contributed by atoms with Gasteiger partial charge in [0.2, 0.25) is 15.9 Å². The number of benzene rings is 2. The molecule has 2 aliphatic heterocycles. The largest absolute Gasteiger partial charge is 0.339 e. The number of carbonyl (C=O) groups is 1. The Morgan fingerprint density at radius 3 is 2.55 bits per heavy atom. The summed E-state index contributed by atoms with van der Waals surface area (Å²) < 4.78 is 42.8. The lowest BCUT2D eigenvalue weighted by atomic mass is 9.98. The van der Waals surface area contributed by atoms with Crippen molar-refractivity contribution in [2.45, 2.75) is 55.1 Å². The van der Waals surface area contributed by atoms with Crippen LogP contribution in [0.2, 0.25) is 0 Å². The number of nitriles is 1. The third-order valence-corrected chi connectivity index (χ3v) is 10.0. The molecule has 2 N–H and O–H groups in total. The molecule has 2 aromatic rings. The molecule has 0 radical (unpaired) electrons. The number of rotatable bonds is 7. The van der Waals surface area contributed by atoms with Crippen molar-refractivity contribution in [3.05, 3.63) is 53.8 Å². The van der Waals surface area contributed by atoms with E-state index in [0.29, 0.717) is 48.3 Å². The normalized spacial score (nSPS) is 25.0. The van der Waals surface area contributed by atoms with E-state index in [0.717, 1.165) is 32.2 Å². The van der Waals surface area contributed by atoms with Gasteiger partial charge in [-0.25, -0.2) is 12.8 Å². The number of piperidine rings is 1. The number of halogens is 1. The Hall–Kier alpha value is -2.84. The van der Waals surface area contributed by atoms with Crippen LogP contribution in [0, 0.1) is 23.1 Å². The van der Waals surface area contributed by atoms with Gasteiger partial charge in [-0.1, -0.05) is 24.3 Å². The van der Waals surface area contributed by atoms with Crippen molar-refractivity contribution in [1.82, 2.24) is 19.8 Å². The molecule has 2 saturated heterocycles. The first kappa shape index (κ1) is 26.8. The second-order valence-electron chi connectivity index (χ2n) is 10.7. The molecule has 3 aliphatic rings. The van der Waals surface area contributed by atoms with Gasteiger partial charge in [0.05, 0.1) is 17.0 Å². The van der Waals surface area contributed by atoms with Crippen LogP contribution < -0.4 is 10.6 Å². The second kappa shape index (κ2) is 11.1. The average Bonchev–Trinajstić information content (AvgIpc) is 3.48. The fourth-order valence-corrected chi connectivity index (χ4v) is 7.35. The molecule has 1 saturated carbocycles. The van der Waals surface area contributed by atoms with Gasteiger partial charge in [-0.15, -0.1) is 0 Å². The second-order valence-corrected chi connectivity index (χ2v) is 12.6. The van der Waals surface area contributed by atoms with Crippen LogP contribution in [0.1, 0.15) is 31.2 Å². The lowest BCUT2D eigenvalue weighted by Crippen LogP contribution is -2.50. The van der Waals surface area contributed by atoms with Crippen LogP contribution in [0.25, 0.3) is 11.1 Å². The van der Waals surface area contributed by atoms with Gasteiger partial charge in [-0.05, 0) is 80.1 Å². The van der Waals surface area contributed by atoms with Crippen molar-refractivity contribution in [2.75, 3.05) is 33.2 Å². The van der Waals surface area contributed by atoms with Gasteiger partial charge in [0, 0.05) is 32.1 Å². The van der Waals surface area contributed by atoms with Gasteiger partial charge >= 0.3 is 0 Å². The van der Waals surface area contributed by atoms with Crippen LogP contribution in [0.15, 0.2) is 47.4 Å². The summed E-state index contributed by atoms with van der Waals surface area (Å²) in [7, 11) is -1.61. The van der Waals surface area contributed by atoms with Crippen LogP contribution in [0.5, 0.6) is 0 Å². The molecule has 2 heterocycles. The molecule has 3 fully saturated rings. The van der Waals surface area contributed by atoms with Crippen LogP contribution in [-0.4, -0.2) is 74.9 Å². The molecule has 4 atom stereocenters. The predicted octanol–water partition coefficient (Wildman–Crippen LogP) is 2.51. The Kier molecular flexibility index (Phi) is 7.82. The van der Waals surface area contributed by atoms with E-state index in [-0.39, 0.29) is 23.3 Å². The summed E-state index contributed by atoms with van der Waals surface area (Å²) in [6.07, 6.45) is 3.95. The van der Waals surface area contributed by atoms with Crippen molar-refractivity contribution in [3.8, 4) is 17.2 Å². The van der Waals surface area contributed by atoms with E-state index in [2.05, 4.69) is 21.6 Å². The number of hydrogen-bond acceptors (Lipinski definition) is 6. The zero-order chi connectivity index (χ0) is 26.9. The molecule has 0 aromatic heterocycles. The van der Waals surface area contributed by atoms with Gasteiger partial charge in [0.1, 0.15) is 11.9 Å². The van der Waals surface area contributed by atoms with E-state index in [4.69, 9.17) is 0 Å². The zero-order valence-corrected chi connectivity index (χ0v) is 22.4. The highest BCUT2D eigenvalue weighted by atomic mass is 32.2. The number of nitrogens with one attached hydrogen (secondary N) is 2. The highest BCUT2D eigenvalue weighted by Gasteiger charge is 2.43. The summed E-state index contributed by atoms with van der Waals surface area (Å²) >= 11 is 0.